The fourth-order valence-electron chi connectivity index (χ4n) is 2.28. The molecule has 110 valence electrons. The summed E-state index contributed by atoms with van der Waals surface area (Å²) in [6, 6.07) is 5.40. The molecule has 3 aromatic rings. The molecule has 0 aliphatic heterocycles. The average molecular weight is 304 g/mol. The van der Waals surface area contributed by atoms with Gasteiger partial charge in [0, 0.05) is 35.8 Å². The molecule has 0 saturated heterocycles. The van der Waals surface area contributed by atoms with Gasteiger partial charge in [-0.15, -0.1) is 11.3 Å². The van der Waals surface area contributed by atoms with Crippen LogP contribution < -0.4 is 9.47 Å². The molecule has 0 saturated carbocycles. The number of hydrogen-bond acceptors (Lipinski definition) is 5. The van der Waals surface area contributed by atoms with Gasteiger partial charge >= 0.3 is 0 Å². The highest BCUT2D eigenvalue weighted by Crippen LogP contribution is 2.31. The topological polar surface area (TPSA) is 56.0 Å². The van der Waals surface area contributed by atoms with Crippen molar-refractivity contribution in [3.05, 3.63) is 47.2 Å². The van der Waals surface area contributed by atoms with Gasteiger partial charge in [-0.05, 0) is 12.1 Å². The van der Waals surface area contributed by atoms with Gasteiger partial charge < -0.3 is 14.6 Å². The molecular formula is C15H16N2O3S. The number of fused-ring (bicyclic) bond motifs is 1. The minimum absolute atomic E-state index is 0.442. The molecule has 5 nitrogen and oxygen atoms in total. The van der Waals surface area contributed by atoms with Crippen LogP contribution in [0.3, 0.4) is 0 Å². The van der Waals surface area contributed by atoms with Crippen LogP contribution in [0.2, 0.25) is 0 Å². The number of nitrogens with zero attached hydrogens (tertiary/aromatic N) is 2. The quantitative estimate of drug-likeness (QED) is 0.787. The molecule has 1 unspecified atom stereocenters. The smallest absolute Gasteiger partial charge is 0.193 e. The first-order valence-electron chi connectivity index (χ1n) is 6.52. The molecule has 0 bridgehead atoms. The largest absolute Gasteiger partial charge is 0.497 e. The van der Waals surface area contributed by atoms with Gasteiger partial charge in [0.2, 0.25) is 0 Å². The maximum absolute atomic E-state index is 10.4. The Bertz CT molecular complexity index is 722. The average Bonchev–Trinajstić information content (AvgIpc) is 3.07. The molecule has 0 spiro atoms. The zero-order valence-electron chi connectivity index (χ0n) is 11.8. The van der Waals surface area contributed by atoms with Crippen molar-refractivity contribution in [3.8, 4) is 11.5 Å². The van der Waals surface area contributed by atoms with Crippen molar-refractivity contribution in [1.29, 1.82) is 0 Å². The first-order chi connectivity index (χ1) is 10.2. The van der Waals surface area contributed by atoms with Gasteiger partial charge in [-0.1, -0.05) is 0 Å². The number of rotatable bonds is 5. The molecule has 2 heterocycles. The van der Waals surface area contributed by atoms with Crippen molar-refractivity contribution in [1.82, 2.24) is 9.38 Å². The van der Waals surface area contributed by atoms with Crippen LogP contribution in [0.25, 0.3) is 4.96 Å². The Balaban J connectivity index is 1.84. The molecule has 1 atom stereocenters. The van der Waals surface area contributed by atoms with Gasteiger partial charge in [0.1, 0.15) is 11.5 Å². The first kappa shape index (κ1) is 13.9. The van der Waals surface area contributed by atoms with Crippen LogP contribution in [0.5, 0.6) is 11.5 Å². The van der Waals surface area contributed by atoms with Gasteiger partial charge in [0.25, 0.3) is 0 Å². The Morgan fingerprint density at radius 1 is 1.33 bits per heavy atom. The maximum atomic E-state index is 10.4. The van der Waals surface area contributed by atoms with E-state index < -0.39 is 6.10 Å². The summed E-state index contributed by atoms with van der Waals surface area (Å²) in [4.78, 5) is 5.41. The lowest BCUT2D eigenvalue weighted by atomic mass is 10.0. The predicted molar refractivity (Wildman–Crippen MR) is 81.3 cm³/mol. The lowest BCUT2D eigenvalue weighted by molar-refractivity contribution is 0.173. The zero-order valence-corrected chi connectivity index (χ0v) is 12.6. The van der Waals surface area contributed by atoms with Crippen molar-refractivity contribution < 1.29 is 14.6 Å². The predicted octanol–water partition coefficient (Wildman–Crippen LogP) is 2.69. The molecule has 0 fully saturated rings. The normalized spacial score (nSPS) is 12.5. The molecule has 2 aromatic heterocycles. The summed E-state index contributed by atoms with van der Waals surface area (Å²) >= 11 is 1.57. The summed E-state index contributed by atoms with van der Waals surface area (Å²) in [5.41, 5.74) is 1.59. The number of aliphatic hydroxyl groups is 1. The third-order valence-electron chi connectivity index (χ3n) is 3.35. The van der Waals surface area contributed by atoms with Crippen LogP contribution in [0.1, 0.15) is 17.4 Å². The van der Waals surface area contributed by atoms with E-state index in [1.165, 1.54) is 0 Å². The van der Waals surface area contributed by atoms with E-state index >= 15 is 0 Å². The van der Waals surface area contributed by atoms with Crippen molar-refractivity contribution in [2.24, 2.45) is 0 Å². The van der Waals surface area contributed by atoms with Crippen LogP contribution in [-0.2, 0) is 6.42 Å². The van der Waals surface area contributed by atoms with E-state index in [-0.39, 0.29) is 0 Å². The van der Waals surface area contributed by atoms with E-state index in [0.29, 0.717) is 17.9 Å². The monoisotopic (exact) mass is 304 g/mol. The summed E-state index contributed by atoms with van der Waals surface area (Å²) in [7, 11) is 3.18. The van der Waals surface area contributed by atoms with E-state index in [4.69, 9.17) is 9.47 Å². The second-order valence-electron chi connectivity index (χ2n) is 4.65. The van der Waals surface area contributed by atoms with E-state index in [2.05, 4.69) is 4.98 Å². The van der Waals surface area contributed by atoms with Crippen molar-refractivity contribution in [2.45, 2.75) is 12.5 Å². The minimum atomic E-state index is -0.671. The summed E-state index contributed by atoms with van der Waals surface area (Å²) < 4.78 is 12.4. The highest BCUT2D eigenvalue weighted by Gasteiger charge is 2.16. The number of aliphatic hydroxyl groups excluding tert-OH is 1. The number of imidazole rings is 1. The maximum Gasteiger partial charge on any atom is 0.193 e. The second-order valence-corrected chi connectivity index (χ2v) is 5.53. The molecular weight excluding hydrogens is 288 g/mol. The number of aromatic nitrogens is 2. The highest BCUT2D eigenvalue weighted by atomic mass is 32.1. The summed E-state index contributed by atoms with van der Waals surface area (Å²) in [5.74, 6) is 1.31. The Morgan fingerprint density at radius 3 is 2.90 bits per heavy atom. The van der Waals surface area contributed by atoms with Gasteiger partial charge in [-0.3, -0.25) is 4.40 Å². The van der Waals surface area contributed by atoms with Crippen molar-refractivity contribution in [3.63, 3.8) is 0 Å². The zero-order chi connectivity index (χ0) is 14.8. The van der Waals surface area contributed by atoms with Crippen molar-refractivity contribution in [2.75, 3.05) is 14.2 Å². The van der Waals surface area contributed by atoms with Gasteiger partial charge in [0.15, 0.2) is 4.96 Å². The lowest BCUT2D eigenvalue weighted by Crippen LogP contribution is -2.04. The second kappa shape index (κ2) is 5.75. The molecule has 0 radical (unpaired) electrons. The summed E-state index contributed by atoms with van der Waals surface area (Å²) in [5, 5.41) is 12.4. The first-order valence-corrected chi connectivity index (χ1v) is 7.40. The summed E-state index contributed by atoms with van der Waals surface area (Å²) in [6.45, 7) is 0. The summed E-state index contributed by atoms with van der Waals surface area (Å²) in [6.07, 6.45) is 3.66. The Kier molecular flexibility index (Phi) is 3.81. The van der Waals surface area contributed by atoms with E-state index in [1.54, 1.807) is 31.6 Å². The minimum Gasteiger partial charge on any atom is -0.497 e. The van der Waals surface area contributed by atoms with Crippen LogP contribution in [0.15, 0.2) is 36.0 Å². The molecule has 21 heavy (non-hydrogen) atoms. The van der Waals surface area contributed by atoms with Crippen LogP contribution in [0.4, 0.5) is 0 Å². The molecule has 1 aromatic carbocycles. The number of methoxy groups -OCH3 is 2. The third-order valence-corrected chi connectivity index (χ3v) is 4.12. The van der Waals surface area contributed by atoms with Crippen LogP contribution >= 0.6 is 11.3 Å². The highest BCUT2D eigenvalue weighted by molar-refractivity contribution is 7.15. The number of hydrogen-bond donors (Lipinski definition) is 1. The SMILES string of the molecule is COc1ccc(C(O)Cc2cn3ccsc3n2)c(OC)c1. The molecule has 0 amide bonds. The molecule has 0 aliphatic carbocycles. The number of benzene rings is 1. The van der Waals surface area contributed by atoms with Crippen molar-refractivity contribution >= 4 is 16.3 Å². The van der Waals surface area contributed by atoms with Gasteiger partial charge in [-0.2, -0.15) is 0 Å². The van der Waals surface area contributed by atoms with Gasteiger partial charge in [-0.25, -0.2) is 4.98 Å². The van der Waals surface area contributed by atoms with Crippen LogP contribution in [-0.4, -0.2) is 28.7 Å². The Morgan fingerprint density at radius 2 is 2.19 bits per heavy atom. The fourth-order valence-corrected chi connectivity index (χ4v) is 3.00. The Hall–Kier alpha value is -2.05. The Labute approximate surface area is 126 Å². The van der Waals surface area contributed by atoms with Gasteiger partial charge in [0.05, 0.1) is 26.0 Å². The standard InChI is InChI=1S/C15H16N2O3S/c1-19-11-3-4-12(14(8-11)20-2)13(18)7-10-9-17-5-6-21-15(17)16-10/h3-6,8-9,13,18H,7H2,1-2H3. The van der Waals surface area contributed by atoms with Crippen LogP contribution in [0, 0.1) is 0 Å². The number of thiazole rings is 1. The molecule has 3 rings (SSSR count). The number of ether oxygens (including phenoxy) is 2. The fraction of sp³-hybridized carbons (Fsp3) is 0.267. The third kappa shape index (κ3) is 2.72. The molecule has 0 aliphatic rings. The van der Waals surface area contributed by atoms with E-state index in [9.17, 15) is 5.11 Å². The van der Waals surface area contributed by atoms with E-state index in [0.717, 1.165) is 16.2 Å². The lowest BCUT2D eigenvalue weighted by Gasteiger charge is -2.14. The van der Waals surface area contributed by atoms with E-state index in [1.807, 2.05) is 34.3 Å². The molecule has 1 N–H and O–H groups in total. The molecule has 6 heteroatoms.